The van der Waals surface area contributed by atoms with Crippen LogP contribution in [0.5, 0.6) is 0 Å². The quantitative estimate of drug-likeness (QED) is 0.526. The molecule has 1 heterocycles. The minimum atomic E-state index is -0.451. The van der Waals surface area contributed by atoms with Crippen LogP contribution in [0.25, 0.3) is 0 Å². The molecule has 1 aliphatic rings. The number of nitro groups is 1. The number of nitrogens with one attached hydrogen (secondary N) is 1. The van der Waals surface area contributed by atoms with Gasteiger partial charge in [-0.25, -0.2) is 0 Å². The monoisotopic (exact) mass is 215 g/mol. The Hall–Kier alpha value is -1.30. The summed E-state index contributed by atoms with van der Waals surface area (Å²) in [6.45, 7) is 2.33. The van der Waals surface area contributed by atoms with Gasteiger partial charge in [0.1, 0.15) is 0 Å². The molecule has 1 N–H and O–H groups in total. The van der Waals surface area contributed by atoms with Crippen molar-refractivity contribution >= 4 is 0 Å². The minimum absolute atomic E-state index is 0.451. The lowest BCUT2D eigenvalue weighted by Gasteiger charge is -2.22. The van der Waals surface area contributed by atoms with Crippen molar-refractivity contribution in [2.45, 2.75) is 6.42 Å². The van der Waals surface area contributed by atoms with Crippen molar-refractivity contribution < 1.29 is 9.66 Å². The maximum atomic E-state index is 10.3. The summed E-state index contributed by atoms with van der Waals surface area (Å²) >= 11 is 0. The van der Waals surface area contributed by atoms with Crippen LogP contribution in [0.3, 0.4) is 0 Å². The van der Waals surface area contributed by atoms with Crippen molar-refractivity contribution in [2.75, 3.05) is 33.9 Å². The van der Waals surface area contributed by atoms with Gasteiger partial charge in [-0.2, -0.15) is 0 Å². The van der Waals surface area contributed by atoms with E-state index in [1.807, 2.05) is 11.9 Å². The molecule has 0 amide bonds. The van der Waals surface area contributed by atoms with Crippen LogP contribution >= 0.6 is 0 Å². The Bertz CT molecular complexity index is 249. The normalized spacial score (nSPS) is 21.5. The standard InChI is InChI=1S/C9H17N3O3/c1-10-9(6-12(13)14)11(2)5-8-3-4-15-7-8/h6,8,10H,3-5,7H2,1-2H3/b9-6+. The highest BCUT2D eigenvalue weighted by Gasteiger charge is 2.19. The Morgan fingerprint density at radius 1 is 1.80 bits per heavy atom. The first-order valence-corrected chi connectivity index (χ1v) is 4.95. The molecule has 0 aromatic carbocycles. The molecule has 15 heavy (non-hydrogen) atoms. The molecule has 0 bridgehead atoms. The second-order valence-electron chi connectivity index (χ2n) is 3.66. The summed E-state index contributed by atoms with van der Waals surface area (Å²) in [5, 5.41) is 13.2. The Morgan fingerprint density at radius 2 is 2.53 bits per heavy atom. The predicted molar refractivity (Wildman–Crippen MR) is 55.7 cm³/mol. The summed E-state index contributed by atoms with van der Waals surface area (Å²) in [6.07, 6.45) is 2.01. The zero-order valence-electron chi connectivity index (χ0n) is 9.10. The summed E-state index contributed by atoms with van der Waals surface area (Å²) in [5.41, 5.74) is 0. The highest BCUT2D eigenvalue weighted by atomic mass is 16.6. The van der Waals surface area contributed by atoms with Gasteiger partial charge in [0, 0.05) is 33.2 Å². The van der Waals surface area contributed by atoms with Crippen LogP contribution in [0.2, 0.25) is 0 Å². The summed E-state index contributed by atoms with van der Waals surface area (Å²) in [7, 11) is 3.52. The van der Waals surface area contributed by atoms with Gasteiger partial charge in [0.2, 0.25) is 0 Å². The van der Waals surface area contributed by atoms with E-state index in [4.69, 9.17) is 4.74 Å². The second-order valence-corrected chi connectivity index (χ2v) is 3.66. The highest BCUT2D eigenvalue weighted by molar-refractivity contribution is 4.92. The Morgan fingerprint density at radius 3 is 3.00 bits per heavy atom. The van der Waals surface area contributed by atoms with E-state index in [9.17, 15) is 10.1 Å². The van der Waals surface area contributed by atoms with Crippen LogP contribution in [0, 0.1) is 16.0 Å². The van der Waals surface area contributed by atoms with Crippen molar-refractivity contribution in [3.8, 4) is 0 Å². The summed E-state index contributed by atoms with van der Waals surface area (Å²) in [4.78, 5) is 11.7. The average molecular weight is 215 g/mol. The lowest BCUT2D eigenvalue weighted by Crippen LogP contribution is -2.31. The molecule has 1 saturated heterocycles. The maximum absolute atomic E-state index is 10.3. The van der Waals surface area contributed by atoms with Gasteiger partial charge in [-0.15, -0.1) is 0 Å². The first-order valence-electron chi connectivity index (χ1n) is 4.95. The average Bonchev–Trinajstić information content (AvgIpc) is 2.66. The molecule has 86 valence electrons. The molecule has 1 unspecified atom stereocenters. The van der Waals surface area contributed by atoms with E-state index in [0.717, 1.165) is 32.4 Å². The van der Waals surface area contributed by atoms with Gasteiger partial charge in [-0.05, 0) is 6.42 Å². The molecule has 1 aliphatic heterocycles. The van der Waals surface area contributed by atoms with E-state index in [-0.39, 0.29) is 0 Å². The van der Waals surface area contributed by atoms with Crippen molar-refractivity contribution in [3.05, 3.63) is 22.1 Å². The maximum Gasteiger partial charge on any atom is 0.274 e. The first kappa shape index (κ1) is 11.8. The number of nitrogens with zero attached hydrogens (tertiary/aromatic N) is 2. The summed E-state index contributed by atoms with van der Waals surface area (Å²) in [6, 6.07) is 0. The third kappa shape index (κ3) is 3.75. The van der Waals surface area contributed by atoms with Gasteiger partial charge in [0.15, 0.2) is 5.82 Å². The molecule has 0 spiro atoms. The molecule has 0 saturated carbocycles. The van der Waals surface area contributed by atoms with E-state index >= 15 is 0 Å². The molecule has 0 aliphatic carbocycles. The van der Waals surface area contributed by atoms with E-state index in [0.29, 0.717) is 11.7 Å². The van der Waals surface area contributed by atoms with E-state index in [2.05, 4.69) is 5.32 Å². The van der Waals surface area contributed by atoms with Gasteiger partial charge in [0.25, 0.3) is 6.20 Å². The van der Waals surface area contributed by atoms with Crippen molar-refractivity contribution in [1.29, 1.82) is 0 Å². The molecule has 0 aromatic heterocycles. The van der Waals surface area contributed by atoms with Crippen LogP contribution in [-0.4, -0.2) is 43.7 Å². The molecule has 1 atom stereocenters. The van der Waals surface area contributed by atoms with Gasteiger partial charge >= 0.3 is 0 Å². The Balaban J connectivity index is 2.48. The lowest BCUT2D eigenvalue weighted by atomic mass is 10.1. The third-order valence-corrected chi connectivity index (χ3v) is 2.45. The first-order chi connectivity index (χ1) is 7.13. The predicted octanol–water partition coefficient (Wildman–Crippen LogP) is 0.250. The van der Waals surface area contributed by atoms with Crippen molar-refractivity contribution in [1.82, 2.24) is 10.2 Å². The summed E-state index contributed by atoms with van der Waals surface area (Å²) < 4.78 is 5.25. The smallest absolute Gasteiger partial charge is 0.274 e. The van der Waals surface area contributed by atoms with Crippen LogP contribution in [0.1, 0.15) is 6.42 Å². The molecule has 0 aromatic rings. The zero-order valence-corrected chi connectivity index (χ0v) is 9.10. The molecular weight excluding hydrogens is 198 g/mol. The molecular formula is C9H17N3O3. The fourth-order valence-corrected chi connectivity index (χ4v) is 1.67. The minimum Gasteiger partial charge on any atom is -0.381 e. The van der Waals surface area contributed by atoms with E-state index in [1.54, 1.807) is 7.05 Å². The molecule has 6 nitrogen and oxygen atoms in total. The largest absolute Gasteiger partial charge is 0.381 e. The fourth-order valence-electron chi connectivity index (χ4n) is 1.67. The van der Waals surface area contributed by atoms with E-state index < -0.39 is 4.92 Å². The number of rotatable bonds is 5. The van der Waals surface area contributed by atoms with Crippen LogP contribution in [0.15, 0.2) is 12.0 Å². The number of hydrogen-bond acceptors (Lipinski definition) is 5. The number of hydrogen-bond donors (Lipinski definition) is 1. The van der Waals surface area contributed by atoms with Crippen LogP contribution < -0.4 is 5.32 Å². The highest BCUT2D eigenvalue weighted by Crippen LogP contribution is 2.14. The molecule has 1 rings (SSSR count). The second kappa shape index (κ2) is 5.55. The number of ether oxygens (including phenoxy) is 1. The van der Waals surface area contributed by atoms with Crippen molar-refractivity contribution in [2.24, 2.45) is 5.92 Å². The molecule has 0 radical (unpaired) electrons. The summed E-state index contributed by atoms with van der Waals surface area (Å²) in [5.74, 6) is 0.991. The molecule has 1 fully saturated rings. The lowest BCUT2D eigenvalue weighted by molar-refractivity contribution is -0.404. The Labute approximate surface area is 89.0 Å². The van der Waals surface area contributed by atoms with Crippen LogP contribution in [-0.2, 0) is 4.74 Å². The topological polar surface area (TPSA) is 67.6 Å². The van der Waals surface area contributed by atoms with E-state index in [1.165, 1.54) is 0 Å². The van der Waals surface area contributed by atoms with Crippen LogP contribution in [0.4, 0.5) is 0 Å². The Kier molecular flexibility index (Phi) is 4.36. The third-order valence-electron chi connectivity index (χ3n) is 2.45. The zero-order chi connectivity index (χ0) is 11.3. The molecule has 6 heteroatoms. The van der Waals surface area contributed by atoms with Gasteiger partial charge in [-0.3, -0.25) is 10.1 Å². The van der Waals surface area contributed by atoms with Gasteiger partial charge in [-0.1, -0.05) is 0 Å². The van der Waals surface area contributed by atoms with Gasteiger partial charge in [0.05, 0.1) is 11.5 Å². The SMILES string of the molecule is CN/C(=C\[N+](=O)[O-])N(C)CC1CCOC1. The van der Waals surface area contributed by atoms with Gasteiger partial charge < -0.3 is 15.0 Å². The van der Waals surface area contributed by atoms with Crippen molar-refractivity contribution in [3.63, 3.8) is 0 Å². The fraction of sp³-hybridized carbons (Fsp3) is 0.778.